The van der Waals surface area contributed by atoms with Crippen LogP contribution in [0.1, 0.15) is 20.8 Å². The maximum atomic E-state index is 10.7. The standard InChI is InChI=1S/C13H12ClNO2S/c14-12-6-5-11(18-12)8-15-7-9-1-3-10(4-2-9)13(16)17/h1-6,15H,7-8H2,(H,16,17). The first-order chi connectivity index (χ1) is 8.65. The number of aromatic carboxylic acids is 1. The third-order valence-corrected chi connectivity index (χ3v) is 3.69. The van der Waals surface area contributed by atoms with E-state index in [0.717, 1.165) is 16.4 Å². The van der Waals surface area contributed by atoms with Gasteiger partial charge < -0.3 is 10.4 Å². The topological polar surface area (TPSA) is 49.3 Å². The number of hydrogen-bond acceptors (Lipinski definition) is 3. The van der Waals surface area contributed by atoms with Crippen LogP contribution in [0.5, 0.6) is 0 Å². The third-order valence-electron chi connectivity index (χ3n) is 2.46. The minimum absolute atomic E-state index is 0.309. The van der Waals surface area contributed by atoms with Crippen LogP contribution in [0, 0.1) is 0 Å². The Morgan fingerprint density at radius 2 is 1.89 bits per heavy atom. The van der Waals surface area contributed by atoms with Gasteiger partial charge in [-0.15, -0.1) is 11.3 Å². The Morgan fingerprint density at radius 1 is 1.17 bits per heavy atom. The van der Waals surface area contributed by atoms with E-state index in [2.05, 4.69) is 5.32 Å². The number of carboxylic acids is 1. The molecule has 0 aliphatic carbocycles. The van der Waals surface area contributed by atoms with Gasteiger partial charge in [0.15, 0.2) is 0 Å². The highest BCUT2D eigenvalue weighted by Crippen LogP contribution is 2.21. The number of thiophene rings is 1. The molecule has 18 heavy (non-hydrogen) atoms. The number of nitrogens with one attached hydrogen (secondary N) is 1. The Labute approximate surface area is 114 Å². The summed E-state index contributed by atoms with van der Waals surface area (Å²) in [5.74, 6) is -0.900. The molecule has 0 saturated carbocycles. The lowest BCUT2D eigenvalue weighted by atomic mass is 10.1. The van der Waals surface area contributed by atoms with Gasteiger partial charge in [-0.3, -0.25) is 0 Å². The maximum absolute atomic E-state index is 10.7. The molecule has 3 nitrogen and oxygen atoms in total. The van der Waals surface area contributed by atoms with Crippen LogP contribution in [0.2, 0.25) is 4.34 Å². The van der Waals surface area contributed by atoms with Gasteiger partial charge >= 0.3 is 5.97 Å². The Morgan fingerprint density at radius 3 is 2.44 bits per heavy atom. The Balaban J connectivity index is 1.85. The number of carbonyl (C=O) groups is 1. The second kappa shape index (κ2) is 6.00. The van der Waals surface area contributed by atoms with E-state index in [0.29, 0.717) is 12.1 Å². The summed E-state index contributed by atoms with van der Waals surface area (Å²) < 4.78 is 0.789. The molecule has 0 aliphatic rings. The van der Waals surface area contributed by atoms with Crippen molar-refractivity contribution in [2.24, 2.45) is 0 Å². The van der Waals surface area contributed by atoms with E-state index < -0.39 is 5.97 Å². The highest BCUT2D eigenvalue weighted by Gasteiger charge is 2.02. The molecule has 5 heteroatoms. The fourth-order valence-electron chi connectivity index (χ4n) is 1.54. The quantitative estimate of drug-likeness (QED) is 0.883. The SMILES string of the molecule is O=C(O)c1ccc(CNCc2ccc(Cl)s2)cc1. The fraction of sp³-hybridized carbons (Fsp3) is 0.154. The van der Waals surface area contributed by atoms with Gasteiger partial charge in [-0.05, 0) is 29.8 Å². The largest absolute Gasteiger partial charge is 0.478 e. The molecule has 0 saturated heterocycles. The van der Waals surface area contributed by atoms with Crippen molar-refractivity contribution in [3.63, 3.8) is 0 Å². The molecule has 2 aromatic rings. The van der Waals surface area contributed by atoms with Crippen LogP contribution in [0.25, 0.3) is 0 Å². The summed E-state index contributed by atoms with van der Waals surface area (Å²) in [4.78, 5) is 11.9. The number of benzene rings is 1. The minimum Gasteiger partial charge on any atom is -0.478 e. The highest BCUT2D eigenvalue weighted by atomic mass is 35.5. The average Bonchev–Trinajstić information content (AvgIpc) is 2.76. The van der Waals surface area contributed by atoms with Gasteiger partial charge in [-0.1, -0.05) is 23.7 Å². The lowest BCUT2D eigenvalue weighted by Crippen LogP contribution is -2.11. The molecule has 94 valence electrons. The van der Waals surface area contributed by atoms with Crippen LogP contribution in [0.4, 0.5) is 0 Å². The second-order valence-electron chi connectivity index (χ2n) is 3.81. The molecule has 0 atom stereocenters. The van der Waals surface area contributed by atoms with Gasteiger partial charge in [-0.2, -0.15) is 0 Å². The van der Waals surface area contributed by atoms with Gasteiger partial charge in [0.25, 0.3) is 0 Å². The van der Waals surface area contributed by atoms with Crippen molar-refractivity contribution in [2.75, 3.05) is 0 Å². The molecule has 0 fully saturated rings. The molecular formula is C13H12ClNO2S. The van der Waals surface area contributed by atoms with Crippen molar-refractivity contribution in [3.05, 3.63) is 56.7 Å². The van der Waals surface area contributed by atoms with Gasteiger partial charge in [0.1, 0.15) is 0 Å². The fourth-order valence-corrected chi connectivity index (χ4v) is 2.60. The summed E-state index contributed by atoms with van der Waals surface area (Å²) in [6.07, 6.45) is 0. The summed E-state index contributed by atoms with van der Waals surface area (Å²) in [7, 11) is 0. The number of rotatable bonds is 5. The van der Waals surface area contributed by atoms with Crippen LogP contribution in [-0.2, 0) is 13.1 Å². The lowest BCUT2D eigenvalue weighted by molar-refractivity contribution is 0.0697. The van der Waals surface area contributed by atoms with Crippen molar-refractivity contribution in [2.45, 2.75) is 13.1 Å². The molecule has 0 spiro atoms. The smallest absolute Gasteiger partial charge is 0.335 e. The Kier molecular flexibility index (Phi) is 4.36. The molecule has 2 N–H and O–H groups in total. The van der Waals surface area contributed by atoms with Gasteiger partial charge in [0.05, 0.1) is 9.90 Å². The van der Waals surface area contributed by atoms with Crippen LogP contribution in [0.15, 0.2) is 36.4 Å². The molecular weight excluding hydrogens is 270 g/mol. The normalized spacial score (nSPS) is 10.5. The summed E-state index contributed by atoms with van der Waals surface area (Å²) in [5.41, 5.74) is 1.37. The van der Waals surface area contributed by atoms with E-state index in [1.54, 1.807) is 23.5 Å². The number of hydrogen-bond donors (Lipinski definition) is 2. The average molecular weight is 282 g/mol. The number of halogens is 1. The zero-order valence-electron chi connectivity index (χ0n) is 9.52. The number of carboxylic acid groups (broad SMARTS) is 1. The summed E-state index contributed by atoms with van der Waals surface area (Å²) >= 11 is 7.39. The van der Waals surface area contributed by atoms with Gasteiger partial charge in [-0.25, -0.2) is 4.79 Å². The van der Waals surface area contributed by atoms with E-state index in [-0.39, 0.29) is 0 Å². The van der Waals surface area contributed by atoms with E-state index in [1.165, 1.54) is 4.88 Å². The van der Waals surface area contributed by atoms with Crippen LogP contribution in [-0.4, -0.2) is 11.1 Å². The van der Waals surface area contributed by atoms with E-state index >= 15 is 0 Å². The van der Waals surface area contributed by atoms with Crippen LogP contribution < -0.4 is 5.32 Å². The Bertz CT molecular complexity index is 536. The Hall–Kier alpha value is -1.36. The van der Waals surface area contributed by atoms with Crippen LogP contribution in [0.3, 0.4) is 0 Å². The molecule has 1 aromatic carbocycles. The predicted octanol–water partition coefficient (Wildman–Crippen LogP) is 3.39. The van der Waals surface area contributed by atoms with Crippen molar-refractivity contribution < 1.29 is 9.90 Å². The first-order valence-corrected chi connectivity index (χ1v) is 6.62. The maximum Gasteiger partial charge on any atom is 0.335 e. The lowest BCUT2D eigenvalue weighted by Gasteiger charge is -2.03. The van der Waals surface area contributed by atoms with Gasteiger partial charge in [0, 0.05) is 18.0 Å². The zero-order chi connectivity index (χ0) is 13.0. The van der Waals surface area contributed by atoms with Crippen molar-refractivity contribution in [1.29, 1.82) is 0 Å². The third kappa shape index (κ3) is 3.57. The van der Waals surface area contributed by atoms with E-state index in [1.807, 2.05) is 24.3 Å². The molecule has 0 aliphatic heterocycles. The first-order valence-electron chi connectivity index (χ1n) is 5.42. The minimum atomic E-state index is -0.900. The van der Waals surface area contributed by atoms with E-state index in [4.69, 9.17) is 16.7 Å². The summed E-state index contributed by atoms with van der Waals surface area (Å²) in [6.45, 7) is 1.47. The summed E-state index contributed by atoms with van der Waals surface area (Å²) in [5, 5.41) is 12.1. The zero-order valence-corrected chi connectivity index (χ0v) is 11.1. The molecule has 0 radical (unpaired) electrons. The van der Waals surface area contributed by atoms with Crippen molar-refractivity contribution >= 4 is 28.9 Å². The summed E-state index contributed by atoms with van der Waals surface area (Å²) in [6, 6.07) is 10.7. The highest BCUT2D eigenvalue weighted by molar-refractivity contribution is 7.16. The van der Waals surface area contributed by atoms with Crippen molar-refractivity contribution in [3.8, 4) is 0 Å². The molecule has 0 amide bonds. The molecule has 0 bridgehead atoms. The van der Waals surface area contributed by atoms with E-state index in [9.17, 15) is 4.79 Å². The first kappa shape index (κ1) is 13.1. The molecule has 2 rings (SSSR count). The van der Waals surface area contributed by atoms with Crippen molar-refractivity contribution in [1.82, 2.24) is 5.32 Å². The second-order valence-corrected chi connectivity index (χ2v) is 5.61. The predicted molar refractivity (Wildman–Crippen MR) is 73.3 cm³/mol. The molecule has 0 unspecified atom stereocenters. The molecule has 1 aromatic heterocycles. The van der Waals surface area contributed by atoms with Gasteiger partial charge in [0.2, 0.25) is 0 Å². The van der Waals surface area contributed by atoms with Crippen LogP contribution >= 0.6 is 22.9 Å². The molecule has 1 heterocycles. The monoisotopic (exact) mass is 281 g/mol.